The zero-order chi connectivity index (χ0) is 62.8. The van der Waals surface area contributed by atoms with Crippen LogP contribution in [0.15, 0.2) is 64.0 Å². The first kappa shape index (κ1) is 64.3. The van der Waals surface area contributed by atoms with E-state index in [0.29, 0.717) is 73.7 Å². The third-order valence-corrected chi connectivity index (χ3v) is 19.5. The van der Waals surface area contributed by atoms with Crippen LogP contribution in [0.3, 0.4) is 0 Å². The van der Waals surface area contributed by atoms with E-state index in [4.69, 9.17) is 34.6 Å². The number of Topliss-reactive ketones (excluding diaryl/α,β-unsaturated/α-hetero) is 1. The second-order valence-corrected chi connectivity index (χ2v) is 26.2. The molecule has 0 fully saturated rings. The van der Waals surface area contributed by atoms with E-state index in [1.807, 2.05) is 13.8 Å². The van der Waals surface area contributed by atoms with Crippen molar-refractivity contribution in [1.82, 2.24) is 61.1 Å². The Morgan fingerprint density at radius 3 is 2.09 bits per heavy atom. The lowest BCUT2D eigenvalue weighted by Gasteiger charge is -2.23. The number of hydrogen-bond donors (Lipinski definition) is 8. The molecule has 1 aromatic carbocycles. The van der Waals surface area contributed by atoms with E-state index in [9.17, 15) is 53.7 Å². The van der Waals surface area contributed by atoms with Gasteiger partial charge in [-0.1, -0.05) is 44.2 Å². The maximum Gasteiger partial charge on any atom is 0.323 e. The predicted molar refractivity (Wildman–Crippen MR) is 333 cm³/mol. The molecule has 8 heterocycles. The molecular formula is C57H59N13O12S6. The Bertz CT molecular complexity index is 3850. The number of hydrogen-bond acceptors (Lipinski definition) is 23. The zero-order valence-electron chi connectivity index (χ0n) is 47.9. The van der Waals surface area contributed by atoms with Gasteiger partial charge in [0.05, 0.1) is 41.2 Å². The summed E-state index contributed by atoms with van der Waals surface area (Å²) in [7, 11) is 2.94. The number of carboxylic acid groups (broad SMARTS) is 2. The number of aliphatic hydroxyl groups excluding tert-OH is 1. The fourth-order valence-electron chi connectivity index (χ4n) is 9.24. The summed E-state index contributed by atoms with van der Waals surface area (Å²) in [4.78, 5) is 142. The lowest BCUT2D eigenvalue weighted by atomic mass is 9.90. The van der Waals surface area contributed by atoms with E-state index in [2.05, 4.69) is 31.6 Å². The van der Waals surface area contributed by atoms with Crippen molar-refractivity contribution in [2.24, 2.45) is 5.92 Å². The summed E-state index contributed by atoms with van der Waals surface area (Å²) in [5.41, 5.74) is 2.55. The number of carbonyl (C=O) groups excluding carboxylic acids is 6. The Labute approximate surface area is 527 Å². The quantitative estimate of drug-likeness (QED) is 0.0422. The predicted octanol–water partition coefficient (Wildman–Crippen LogP) is 8.76. The third-order valence-electron chi connectivity index (χ3n) is 13.8. The first-order valence-corrected chi connectivity index (χ1v) is 32.6. The molecular weight excluding hydrogens is 1250 g/mol. The zero-order valence-corrected chi connectivity index (χ0v) is 52.8. The number of nitrogens with zero attached hydrogens (tertiary/aromatic N) is 8. The number of aliphatic carboxylic acids is 2. The topological polar surface area (TPSA) is 360 Å². The smallest absolute Gasteiger partial charge is 0.323 e. The lowest BCUT2D eigenvalue weighted by Crippen LogP contribution is -2.40. The standard InChI is InChI=1S/C57H59N13O12S6/c1-27(2)31-19-37(71)44-28(3)87-55(68-44)33(20-40(72)58-4)61-49(79)35-24-83-51(63-35)30-15-16-32(53-65-39(26-86-53)66-57(81)70(17-9-13-42(74)75)18-10-14-43(76)77)60-45(30)34-23-84-54(62-34)36-25-85-56(64-36)47(48(78)29-11-7-6-8-12-29)67-41(73)21-59-50(80)46-38(22-82-5)88-52(31)69-46/h6-8,11-12,15-16,23-27,31,33,47-48,78H,9-10,13-14,17-22H2,1-5H3,(H,58,72)(H,59,80)(H,61,79)(H,66,81)(H,67,73)(H,74,75)(H,76,77)/t31?,33-,47-,48-/m0/s1. The molecule has 8 aromatic rings. The van der Waals surface area contributed by atoms with Crippen LogP contribution < -0.4 is 26.6 Å². The molecule has 7 aromatic heterocycles. The highest BCUT2D eigenvalue weighted by atomic mass is 32.1. The Kier molecular flexibility index (Phi) is 21.4. The van der Waals surface area contributed by atoms with Gasteiger partial charge in [-0.15, -0.1) is 68.0 Å². The molecule has 10 bridgehead atoms. The van der Waals surface area contributed by atoms with Gasteiger partial charge in [-0.2, -0.15) is 0 Å². The van der Waals surface area contributed by atoms with Crippen LogP contribution in [-0.2, 0) is 30.5 Å². The van der Waals surface area contributed by atoms with Gasteiger partial charge < -0.3 is 46.2 Å². The van der Waals surface area contributed by atoms with Crippen molar-refractivity contribution in [1.29, 1.82) is 0 Å². The number of benzene rings is 1. The van der Waals surface area contributed by atoms with Crippen LogP contribution in [0.5, 0.6) is 0 Å². The molecule has 1 aliphatic heterocycles. The van der Waals surface area contributed by atoms with Crippen molar-refractivity contribution in [2.75, 3.05) is 39.1 Å². The number of nitrogens with one attached hydrogen (secondary N) is 5. The van der Waals surface area contributed by atoms with E-state index in [-0.39, 0.29) is 92.8 Å². The number of anilines is 1. The van der Waals surface area contributed by atoms with Crippen molar-refractivity contribution < 1.29 is 58.4 Å². The van der Waals surface area contributed by atoms with Crippen LogP contribution in [-0.4, -0.2) is 136 Å². The molecule has 0 saturated heterocycles. The highest BCUT2D eigenvalue weighted by Gasteiger charge is 2.33. The molecule has 9 rings (SSSR count). The van der Waals surface area contributed by atoms with Gasteiger partial charge in [-0.25, -0.2) is 39.7 Å². The van der Waals surface area contributed by atoms with E-state index in [0.717, 1.165) is 22.7 Å². The first-order valence-electron chi connectivity index (χ1n) is 27.4. The number of pyridine rings is 1. The van der Waals surface area contributed by atoms with Crippen LogP contribution in [0, 0.1) is 12.8 Å². The van der Waals surface area contributed by atoms with Gasteiger partial charge in [0.2, 0.25) is 11.8 Å². The molecule has 6 amide bonds. The number of ether oxygens (including phenoxy) is 1. The number of rotatable bonds is 17. The Morgan fingerprint density at radius 2 is 1.39 bits per heavy atom. The molecule has 1 aliphatic rings. The fourth-order valence-corrected chi connectivity index (χ4v) is 14.8. The van der Waals surface area contributed by atoms with Crippen molar-refractivity contribution in [3.63, 3.8) is 0 Å². The molecule has 25 nitrogen and oxygen atoms in total. The number of aliphatic hydroxyl groups is 1. The highest BCUT2D eigenvalue weighted by Crippen LogP contribution is 2.41. The van der Waals surface area contributed by atoms with Gasteiger partial charge in [-0.05, 0) is 43.4 Å². The molecule has 4 atom stereocenters. The summed E-state index contributed by atoms with van der Waals surface area (Å²) in [5, 5.41) is 53.1. The molecule has 460 valence electrons. The number of urea groups is 1. The number of aryl methyl sites for hydroxylation is 1. The van der Waals surface area contributed by atoms with Crippen molar-refractivity contribution in [3.05, 3.63) is 111 Å². The van der Waals surface area contributed by atoms with Gasteiger partial charge in [0.1, 0.15) is 77.2 Å². The minimum absolute atomic E-state index is 0.00293. The highest BCUT2D eigenvalue weighted by molar-refractivity contribution is 7.15. The summed E-state index contributed by atoms with van der Waals surface area (Å²) in [5.74, 6) is -5.23. The lowest BCUT2D eigenvalue weighted by molar-refractivity contribution is -0.138. The maximum absolute atomic E-state index is 14.4. The molecule has 0 aliphatic carbocycles. The summed E-state index contributed by atoms with van der Waals surface area (Å²) in [6.07, 6.45) is -1.68. The monoisotopic (exact) mass is 1310 g/mol. The van der Waals surface area contributed by atoms with Crippen LogP contribution in [0.2, 0.25) is 0 Å². The average Bonchev–Trinajstić information content (AvgIpc) is 2.93. The van der Waals surface area contributed by atoms with Crippen LogP contribution in [0.1, 0.15) is 138 Å². The fraction of sp³-hybridized carbons (Fsp3) is 0.351. The number of amides is 6. The van der Waals surface area contributed by atoms with Gasteiger partial charge in [0, 0.05) is 84.4 Å². The largest absolute Gasteiger partial charge is 0.481 e. The Hall–Kier alpha value is -8.17. The molecule has 31 heteroatoms. The molecule has 0 saturated carbocycles. The van der Waals surface area contributed by atoms with Gasteiger partial charge in [0.25, 0.3) is 11.8 Å². The van der Waals surface area contributed by atoms with Crippen molar-refractivity contribution in [3.8, 4) is 43.4 Å². The number of methoxy groups -OCH3 is 1. The van der Waals surface area contributed by atoms with E-state index < -0.39 is 72.2 Å². The number of thiazole rings is 6. The second-order valence-electron chi connectivity index (χ2n) is 20.4. The normalized spacial score (nSPS) is 16.1. The molecule has 88 heavy (non-hydrogen) atoms. The molecule has 0 radical (unpaired) electrons. The number of fused-ring (bicyclic) bond motifs is 14. The van der Waals surface area contributed by atoms with Gasteiger partial charge in [-0.3, -0.25) is 38.9 Å². The van der Waals surface area contributed by atoms with Crippen LogP contribution >= 0.6 is 68.0 Å². The SMILES string of the molecule is CNC(=O)C[C@@H]1NC(=O)c2csc(n2)-c2ccc(-c3nc(NC(=O)N(CCCC(=O)O)CCCC(=O)O)cs3)nc2-c2csc(n2)-c2csc(n2)[C@H]([C@@H](O)c2ccccc2)NC(=O)CNC(=O)c2nc(sc2COC)C(C(C)C)CC(=O)c2nc1sc2C. The van der Waals surface area contributed by atoms with Crippen LogP contribution in [0.25, 0.3) is 43.4 Å². The minimum Gasteiger partial charge on any atom is -0.481 e. The van der Waals surface area contributed by atoms with E-state index in [1.165, 1.54) is 64.4 Å². The van der Waals surface area contributed by atoms with Crippen LogP contribution in [0.4, 0.5) is 10.6 Å². The summed E-state index contributed by atoms with van der Waals surface area (Å²) < 4.78 is 5.47. The Balaban J connectivity index is 1.10. The second kappa shape index (κ2) is 29.2. The molecule has 0 spiro atoms. The van der Waals surface area contributed by atoms with Crippen molar-refractivity contribution in [2.45, 2.75) is 90.0 Å². The number of ketones is 1. The first-order chi connectivity index (χ1) is 42.3. The van der Waals surface area contributed by atoms with Gasteiger partial charge >= 0.3 is 18.0 Å². The van der Waals surface area contributed by atoms with E-state index in [1.54, 1.807) is 70.9 Å². The van der Waals surface area contributed by atoms with Crippen molar-refractivity contribution >= 4 is 121 Å². The molecule has 8 N–H and O–H groups in total. The average molecular weight is 1310 g/mol. The summed E-state index contributed by atoms with van der Waals surface area (Å²) in [6.45, 7) is 5.21. The summed E-state index contributed by atoms with van der Waals surface area (Å²) >= 11 is 7.10. The third kappa shape index (κ3) is 15.7. The van der Waals surface area contributed by atoms with Gasteiger partial charge in [0.15, 0.2) is 5.78 Å². The number of aromatic nitrogens is 7. The number of carbonyl (C=O) groups is 8. The molecule has 1 unspecified atom stereocenters. The number of carboxylic acids is 2. The van der Waals surface area contributed by atoms with E-state index >= 15 is 0 Å². The summed E-state index contributed by atoms with van der Waals surface area (Å²) in [6, 6.07) is 9.45. The minimum atomic E-state index is -1.30. The maximum atomic E-state index is 14.4. The Morgan fingerprint density at radius 1 is 0.716 bits per heavy atom.